The molecule has 4 aliphatic carbocycles. The van der Waals surface area contributed by atoms with Gasteiger partial charge in [0, 0.05) is 12.8 Å². The highest BCUT2D eigenvalue weighted by molar-refractivity contribution is 5.69. The second-order valence-corrected chi connectivity index (χ2v) is 17.2. The Morgan fingerprint density at radius 3 is 2.24 bits per heavy atom. The predicted molar refractivity (Wildman–Crippen MR) is 191 cm³/mol. The highest BCUT2D eigenvalue weighted by Gasteiger charge is 2.62. The van der Waals surface area contributed by atoms with Gasteiger partial charge in [-0.2, -0.15) is 0 Å². The van der Waals surface area contributed by atoms with Gasteiger partial charge in [0.25, 0.3) is 0 Å². The molecule has 0 heterocycles. The van der Waals surface area contributed by atoms with Gasteiger partial charge < -0.3 is 14.9 Å². The molecule has 0 spiro atoms. The largest absolute Gasteiger partial charge is 0.462 e. The summed E-state index contributed by atoms with van der Waals surface area (Å²) in [5.41, 5.74) is 0.528. The maximum absolute atomic E-state index is 13.2. The lowest BCUT2D eigenvalue weighted by molar-refractivity contribution is -0.174. The van der Waals surface area contributed by atoms with Crippen LogP contribution in [0.15, 0.2) is 12.2 Å². The van der Waals surface area contributed by atoms with E-state index in [0.29, 0.717) is 41.9 Å². The molecule has 266 valence electrons. The molecule has 0 aromatic rings. The van der Waals surface area contributed by atoms with Crippen molar-refractivity contribution >= 4 is 5.97 Å². The first-order valence-corrected chi connectivity index (χ1v) is 20.3. The van der Waals surface area contributed by atoms with Crippen molar-refractivity contribution in [3.63, 3.8) is 0 Å². The SMILES string of the molecule is CCCCCCCC/C=C\CC(CCCCCC)OC(=O)CC[C@@H](C)[C@H]1CC[C@H]2[C@@H]3[C@@H](O)CC4C[C@@H](O)CC[C@]4(C)[C@H]3CC[C@]12C. The van der Waals surface area contributed by atoms with Gasteiger partial charge in [-0.05, 0) is 130 Å². The Balaban J connectivity index is 1.26. The van der Waals surface area contributed by atoms with E-state index >= 15 is 0 Å². The van der Waals surface area contributed by atoms with Crippen LogP contribution in [0.2, 0.25) is 0 Å². The van der Waals surface area contributed by atoms with Crippen LogP contribution >= 0.6 is 0 Å². The van der Waals surface area contributed by atoms with Crippen molar-refractivity contribution in [2.75, 3.05) is 0 Å². The van der Waals surface area contributed by atoms with Crippen LogP contribution in [0.1, 0.15) is 182 Å². The summed E-state index contributed by atoms with van der Waals surface area (Å²) in [6.07, 6.45) is 30.2. The fraction of sp³-hybridized carbons (Fsp3) is 0.929. The van der Waals surface area contributed by atoms with E-state index in [0.717, 1.165) is 57.8 Å². The van der Waals surface area contributed by atoms with Gasteiger partial charge in [-0.15, -0.1) is 0 Å². The number of unbranched alkanes of at least 4 members (excludes halogenated alkanes) is 9. The van der Waals surface area contributed by atoms with E-state index in [9.17, 15) is 15.0 Å². The first-order valence-electron chi connectivity index (χ1n) is 20.3. The summed E-state index contributed by atoms with van der Waals surface area (Å²) in [7, 11) is 0. The zero-order valence-electron chi connectivity index (χ0n) is 30.8. The molecule has 4 saturated carbocycles. The molecular weight excluding hydrogens is 568 g/mol. The van der Waals surface area contributed by atoms with Crippen molar-refractivity contribution in [2.24, 2.45) is 46.3 Å². The topological polar surface area (TPSA) is 66.8 Å². The molecule has 46 heavy (non-hydrogen) atoms. The maximum Gasteiger partial charge on any atom is 0.306 e. The Morgan fingerprint density at radius 2 is 1.48 bits per heavy atom. The van der Waals surface area contributed by atoms with Crippen LogP contribution in [0.25, 0.3) is 0 Å². The summed E-state index contributed by atoms with van der Waals surface area (Å²) >= 11 is 0. The summed E-state index contributed by atoms with van der Waals surface area (Å²) < 4.78 is 6.16. The summed E-state index contributed by atoms with van der Waals surface area (Å²) in [5, 5.41) is 22.0. The first kappa shape index (κ1) is 37.9. The summed E-state index contributed by atoms with van der Waals surface area (Å²) in [6, 6.07) is 0. The minimum atomic E-state index is -0.226. The lowest BCUT2D eigenvalue weighted by Gasteiger charge is -2.62. The van der Waals surface area contributed by atoms with Crippen LogP contribution in [0.5, 0.6) is 0 Å². The third-order valence-corrected chi connectivity index (χ3v) is 14.2. The second-order valence-electron chi connectivity index (χ2n) is 17.2. The molecule has 0 aliphatic heterocycles. The number of carbonyl (C=O) groups is 1. The van der Waals surface area contributed by atoms with Crippen molar-refractivity contribution < 1.29 is 19.7 Å². The summed E-state index contributed by atoms with van der Waals surface area (Å²) in [4.78, 5) is 13.2. The molecule has 0 aromatic carbocycles. The van der Waals surface area contributed by atoms with E-state index < -0.39 is 0 Å². The van der Waals surface area contributed by atoms with Crippen LogP contribution < -0.4 is 0 Å². The minimum Gasteiger partial charge on any atom is -0.462 e. The van der Waals surface area contributed by atoms with Crippen LogP contribution in [-0.4, -0.2) is 34.5 Å². The number of aliphatic hydroxyl groups is 2. The van der Waals surface area contributed by atoms with E-state index in [4.69, 9.17) is 4.74 Å². The summed E-state index contributed by atoms with van der Waals surface area (Å²) in [5.74, 6) is 3.15. The van der Waals surface area contributed by atoms with Gasteiger partial charge in [0.1, 0.15) is 6.10 Å². The average molecular weight is 643 g/mol. The third-order valence-electron chi connectivity index (χ3n) is 14.2. The van der Waals surface area contributed by atoms with Crippen LogP contribution in [0, 0.1) is 46.3 Å². The van der Waals surface area contributed by atoms with Crippen LogP contribution in [0.4, 0.5) is 0 Å². The number of hydrogen-bond donors (Lipinski definition) is 2. The minimum absolute atomic E-state index is 0.00114. The van der Waals surface area contributed by atoms with Crippen molar-refractivity contribution in [3.8, 4) is 0 Å². The molecule has 2 unspecified atom stereocenters. The molecule has 0 radical (unpaired) electrons. The fourth-order valence-corrected chi connectivity index (χ4v) is 11.4. The molecule has 0 aromatic heterocycles. The van der Waals surface area contributed by atoms with Gasteiger partial charge in [0.05, 0.1) is 12.2 Å². The van der Waals surface area contributed by atoms with Gasteiger partial charge in [-0.3, -0.25) is 4.79 Å². The molecule has 0 bridgehead atoms. The molecule has 4 nitrogen and oxygen atoms in total. The highest BCUT2D eigenvalue weighted by Crippen LogP contribution is 2.68. The molecule has 4 heteroatoms. The van der Waals surface area contributed by atoms with Crippen molar-refractivity contribution in [2.45, 2.75) is 201 Å². The van der Waals surface area contributed by atoms with Gasteiger partial charge >= 0.3 is 5.97 Å². The quantitative estimate of drug-likeness (QED) is 0.0836. The number of esters is 1. The number of carbonyl (C=O) groups excluding carboxylic acids is 1. The number of ether oxygens (including phenoxy) is 1. The lowest BCUT2D eigenvalue weighted by atomic mass is 9.43. The number of aliphatic hydroxyl groups excluding tert-OH is 2. The Kier molecular flexibility index (Phi) is 15.0. The Labute approximate surface area is 284 Å². The van der Waals surface area contributed by atoms with E-state index in [1.807, 2.05) is 0 Å². The average Bonchev–Trinajstić information content (AvgIpc) is 3.39. The van der Waals surface area contributed by atoms with Crippen molar-refractivity contribution in [3.05, 3.63) is 12.2 Å². The van der Waals surface area contributed by atoms with Gasteiger partial charge in [-0.1, -0.05) is 98.1 Å². The normalized spacial score (nSPS) is 37.0. The second kappa shape index (κ2) is 18.2. The monoisotopic (exact) mass is 643 g/mol. The first-order chi connectivity index (χ1) is 22.1. The Hall–Kier alpha value is -0.870. The molecule has 2 N–H and O–H groups in total. The molecular formula is C42H74O4. The molecule has 0 saturated heterocycles. The van der Waals surface area contributed by atoms with E-state index in [2.05, 4.69) is 46.8 Å². The van der Waals surface area contributed by atoms with Crippen molar-refractivity contribution in [1.82, 2.24) is 0 Å². The number of allylic oxidation sites excluding steroid dienone is 1. The Morgan fingerprint density at radius 1 is 0.804 bits per heavy atom. The van der Waals surface area contributed by atoms with E-state index in [-0.39, 0.29) is 35.1 Å². The van der Waals surface area contributed by atoms with Crippen LogP contribution in [0.3, 0.4) is 0 Å². The predicted octanol–water partition coefficient (Wildman–Crippen LogP) is 11.0. The fourth-order valence-electron chi connectivity index (χ4n) is 11.4. The zero-order valence-corrected chi connectivity index (χ0v) is 30.8. The molecule has 0 amide bonds. The maximum atomic E-state index is 13.2. The number of fused-ring (bicyclic) bond motifs is 5. The van der Waals surface area contributed by atoms with Crippen LogP contribution in [-0.2, 0) is 9.53 Å². The van der Waals surface area contributed by atoms with E-state index in [1.165, 1.54) is 83.5 Å². The molecule has 11 atom stereocenters. The van der Waals surface area contributed by atoms with E-state index in [1.54, 1.807) is 0 Å². The Bertz CT molecular complexity index is 931. The zero-order chi connectivity index (χ0) is 33.2. The number of rotatable bonds is 19. The lowest BCUT2D eigenvalue weighted by Crippen LogP contribution is -2.58. The third kappa shape index (κ3) is 9.42. The molecule has 4 aliphatic rings. The van der Waals surface area contributed by atoms with Gasteiger partial charge in [0.2, 0.25) is 0 Å². The summed E-state index contributed by atoms with van der Waals surface area (Å²) in [6.45, 7) is 11.9. The van der Waals surface area contributed by atoms with Gasteiger partial charge in [-0.25, -0.2) is 0 Å². The molecule has 4 fully saturated rings. The smallest absolute Gasteiger partial charge is 0.306 e. The van der Waals surface area contributed by atoms with Crippen molar-refractivity contribution in [1.29, 1.82) is 0 Å². The molecule has 4 rings (SSSR count). The highest BCUT2D eigenvalue weighted by atomic mass is 16.5. The standard InChI is InChI=1S/C42H74O4/c1-6-8-10-12-13-14-15-16-18-20-34(19-17-11-9-7-2)46-39(45)24-21-31(3)35-22-23-36-40-37(26-28-42(35,36)5)41(4)27-25-33(43)29-32(41)30-38(40)44/h16,18,31-38,40,43-44H,6-15,17,19-30H2,1-5H3/b18-16-/t31-,32?,33+,34?,35-,36+,37+,38+,40+,41+,42-/m1/s1. The van der Waals surface area contributed by atoms with Gasteiger partial charge in [0.15, 0.2) is 0 Å². The number of hydrogen-bond acceptors (Lipinski definition) is 4.